The zero-order chi connectivity index (χ0) is 19.3. The van der Waals surface area contributed by atoms with Crippen molar-refractivity contribution in [1.82, 2.24) is 20.8 Å². The summed E-state index contributed by atoms with van der Waals surface area (Å²) in [7, 11) is 0. The van der Waals surface area contributed by atoms with E-state index in [2.05, 4.69) is 26.1 Å². The third kappa shape index (κ3) is 2.75. The summed E-state index contributed by atoms with van der Waals surface area (Å²) >= 11 is 6.06. The van der Waals surface area contributed by atoms with Gasteiger partial charge in [0.2, 0.25) is 0 Å². The van der Waals surface area contributed by atoms with Gasteiger partial charge in [0.15, 0.2) is 0 Å². The molecule has 2 aliphatic rings. The second kappa shape index (κ2) is 6.63. The fraction of sp³-hybridized carbons (Fsp3) is 0.200. The molecule has 1 saturated heterocycles. The summed E-state index contributed by atoms with van der Waals surface area (Å²) < 4.78 is 0. The first-order valence-corrected chi connectivity index (χ1v) is 9.44. The standard InChI is InChI=1S/C20H18ClN5O2/c21-12-8-6-11(7-9-12)16-14-13(10-4-2-1-3-5-10)15-17(22-18(14)26-25-16)23-20(28)24-19(15)27/h1-9,13-14,16,18,25-26H,(H3,22,23,24,27,28). The maximum atomic E-state index is 12.8. The van der Waals surface area contributed by atoms with E-state index in [9.17, 15) is 9.59 Å². The Hall–Kier alpha value is -2.87. The number of fused-ring (bicyclic) bond motifs is 2. The Morgan fingerprint density at radius 1 is 0.821 bits per heavy atom. The maximum Gasteiger partial charge on any atom is 0.327 e. The van der Waals surface area contributed by atoms with Gasteiger partial charge in [-0.3, -0.25) is 14.8 Å². The van der Waals surface area contributed by atoms with Crippen molar-refractivity contribution in [1.29, 1.82) is 0 Å². The minimum absolute atomic E-state index is 0.0110. The summed E-state index contributed by atoms with van der Waals surface area (Å²) in [5.74, 6) is 0.226. The van der Waals surface area contributed by atoms with E-state index in [0.717, 1.165) is 11.1 Å². The second-order valence-corrected chi connectivity index (χ2v) is 7.54. The zero-order valence-corrected chi connectivity index (χ0v) is 15.5. The molecule has 142 valence electrons. The molecule has 0 radical (unpaired) electrons. The van der Waals surface area contributed by atoms with E-state index >= 15 is 0 Å². The molecule has 7 nitrogen and oxygen atoms in total. The molecular formula is C20H18ClN5O2. The van der Waals surface area contributed by atoms with Crippen LogP contribution in [-0.2, 0) is 0 Å². The smallest absolute Gasteiger partial charge is 0.327 e. The molecule has 1 aromatic heterocycles. The van der Waals surface area contributed by atoms with Gasteiger partial charge < -0.3 is 5.32 Å². The van der Waals surface area contributed by atoms with E-state index in [-0.39, 0.29) is 29.6 Å². The lowest BCUT2D eigenvalue weighted by Crippen LogP contribution is -2.47. The van der Waals surface area contributed by atoms with Gasteiger partial charge >= 0.3 is 5.69 Å². The summed E-state index contributed by atoms with van der Waals surface area (Å²) in [5.41, 5.74) is 8.34. The Morgan fingerprint density at radius 2 is 1.57 bits per heavy atom. The number of benzene rings is 2. The van der Waals surface area contributed by atoms with Gasteiger partial charge in [0.1, 0.15) is 5.82 Å². The number of hydrazine groups is 1. The van der Waals surface area contributed by atoms with Crippen LogP contribution >= 0.6 is 11.6 Å². The van der Waals surface area contributed by atoms with Gasteiger partial charge in [-0.25, -0.2) is 15.6 Å². The quantitative estimate of drug-likeness (QED) is 0.457. The number of hydrogen-bond acceptors (Lipinski definition) is 5. The Bertz CT molecular complexity index is 1130. The molecule has 0 bridgehead atoms. The molecule has 8 heteroatoms. The first-order valence-electron chi connectivity index (χ1n) is 9.06. The normalized spacial score (nSPS) is 25.6. The molecule has 3 heterocycles. The fourth-order valence-corrected chi connectivity index (χ4v) is 4.49. The molecular weight excluding hydrogens is 378 g/mol. The van der Waals surface area contributed by atoms with Crippen LogP contribution in [0.25, 0.3) is 0 Å². The molecule has 4 unspecified atom stereocenters. The van der Waals surface area contributed by atoms with Crippen LogP contribution in [-0.4, -0.2) is 16.1 Å². The molecule has 28 heavy (non-hydrogen) atoms. The summed E-state index contributed by atoms with van der Waals surface area (Å²) in [6.07, 6.45) is -0.171. The van der Waals surface area contributed by atoms with Gasteiger partial charge in [0.25, 0.3) is 5.56 Å². The molecule has 0 aliphatic carbocycles. The van der Waals surface area contributed by atoms with Crippen LogP contribution in [0.3, 0.4) is 0 Å². The minimum Gasteiger partial charge on any atom is -0.354 e. The van der Waals surface area contributed by atoms with E-state index < -0.39 is 5.69 Å². The van der Waals surface area contributed by atoms with Crippen molar-refractivity contribution in [2.75, 3.05) is 5.32 Å². The lowest BCUT2D eigenvalue weighted by molar-refractivity contribution is 0.378. The first kappa shape index (κ1) is 17.2. The van der Waals surface area contributed by atoms with E-state index in [4.69, 9.17) is 11.6 Å². The number of anilines is 1. The van der Waals surface area contributed by atoms with Crippen LogP contribution in [0.5, 0.6) is 0 Å². The molecule has 1 fully saturated rings. The third-order valence-electron chi connectivity index (χ3n) is 5.53. The summed E-state index contributed by atoms with van der Waals surface area (Å²) in [6.45, 7) is 0. The molecule has 5 N–H and O–H groups in total. The molecule has 4 atom stereocenters. The van der Waals surface area contributed by atoms with Crippen molar-refractivity contribution in [3.8, 4) is 0 Å². The summed E-state index contributed by atoms with van der Waals surface area (Å²) in [6, 6.07) is 17.5. The van der Waals surface area contributed by atoms with Crippen molar-refractivity contribution in [3.05, 3.63) is 97.1 Å². The monoisotopic (exact) mass is 395 g/mol. The van der Waals surface area contributed by atoms with Crippen molar-refractivity contribution in [3.63, 3.8) is 0 Å². The highest BCUT2D eigenvalue weighted by atomic mass is 35.5. The lowest BCUT2D eigenvalue weighted by atomic mass is 9.73. The second-order valence-electron chi connectivity index (χ2n) is 7.10. The van der Waals surface area contributed by atoms with E-state index in [1.807, 2.05) is 54.6 Å². The number of aromatic amines is 2. The van der Waals surface area contributed by atoms with Gasteiger partial charge in [0, 0.05) is 16.9 Å². The van der Waals surface area contributed by atoms with E-state index in [1.165, 1.54) is 0 Å². The van der Waals surface area contributed by atoms with Gasteiger partial charge in [-0.05, 0) is 23.3 Å². The minimum atomic E-state index is -0.526. The number of aromatic nitrogens is 2. The molecule has 0 amide bonds. The molecule has 3 aromatic rings. The number of halogens is 1. The topological polar surface area (TPSA) is 102 Å². The number of nitrogens with one attached hydrogen (secondary N) is 5. The summed E-state index contributed by atoms with van der Waals surface area (Å²) in [5, 5.41) is 3.95. The van der Waals surface area contributed by atoms with Crippen LogP contribution in [0.2, 0.25) is 5.02 Å². The average Bonchev–Trinajstić information content (AvgIpc) is 3.11. The van der Waals surface area contributed by atoms with Crippen LogP contribution < -0.4 is 27.4 Å². The molecule has 2 aromatic carbocycles. The van der Waals surface area contributed by atoms with Crippen LogP contribution in [0, 0.1) is 5.92 Å². The fourth-order valence-electron chi connectivity index (χ4n) is 4.36. The highest BCUT2D eigenvalue weighted by molar-refractivity contribution is 6.30. The van der Waals surface area contributed by atoms with Crippen LogP contribution in [0.15, 0.2) is 64.2 Å². The van der Waals surface area contributed by atoms with Gasteiger partial charge in [-0.2, -0.15) is 0 Å². The van der Waals surface area contributed by atoms with Gasteiger partial charge in [-0.15, -0.1) is 0 Å². The highest BCUT2D eigenvalue weighted by Gasteiger charge is 2.48. The molecule has 5 rings (SSSR count). The number of hydrogen-bond donors (Lipinski definition) is 5. The largest absolute Gasteiger partial charge is 0.354 e. The molecule has 0 spiro atoms. The first-order chi connectivity index (χ1) is 13.6. The van der Waals surface area contributed by atoms with E-state index in [1.54, 1.807) is 0 Å². The number of rotatable bonds is 2. The average molecular weight is 396 g/mol. The Morgan fingerprint density at radius 3 is 2.32 bits per heavy atom. The maximum absolute atomic E-state index is 12.8. The van der Waals surface area contributed by atoms with Crippen molar-refractivity contribution in [2.45, 2.75) is 18.1 Å². The number of H-pyrrole nitrogens is 2. The summed E-state index contributed by atoms with van der Waals surface area (Å²) in [4.78, 5) is 29.7. The lowest BCUT2D eigenvalue weighted by Gasteiger charge is -2.37. The van der Waals surface area contributed by atoms with Gasteiger partial charge in [-0.1, -0.05) is 54.1 Å². The zero-order valence-electron chi connectivity index (χ0n) is 14.7. The Balaban J connectivity index is 1.69. The predicted molar refractivity (Wildman–Crippen MR) is 107 cm³/mol. The Kier molecular flexibility index (Phi) is 4.08. The van der Waals surface area contributed by atoms with Crippen molar-refractivity contribution >= 4 is 17.4 Å². The SMILES string of the molecule is O=c1[nH]c2c(c(=O)[nH]1)C(c1ccccc1)C1C(NNC1c1ccc(Cl)cc1)N2. The van der Waals surface area contributed by atoms with Gasteiger partial charge in [0.05, 0.1) is 17.8 Å². The Labute approximate surface area is 165 Å². The predicted octanol–water partition coefficient (Wildman–Crippen LogP) is 2.07. The molecule has 0 saturated carbocycles. The molecule has 2 aliphatic heterocycles. The van der Waals surface area contributed by atoms with Crippen LogP contribution in [0.1, 0.15) is 28.7 Å². The highest BCUT2D eigenvalue weighted by Crippen LogP contribution is 2.46. The third-order valence-corrected chi connectivity index (χ3v) is 5.78. The van der Waals surface area contributed by atoms with Crippen LogP contribution in [0.4, 0.5) is 5.82 Å². The van der Waals surface area contributed by atoms with E-state index in [0.29, 0.717) is 16.4 Å². The van der Waals surface area contributed by atoms with Crippen molar-refractivity contribution < 1.29 is 0 Å². The van der Waals surface area contributed by atoms with Crippen molar-refractivity contribution in [2.24, 2.45) is 5.92 Å².